The first-order chi connectivity index (χ1) is 8.54. The minimum Gasteiger partial charge on any atom is -0.384 e. The van der Waals surface area contributed by atoms with Crippen molar-refractivity contribution in [3.8, 4) is 0 Å². The van der Waals surface area contributed by atoms with E-state index in [1.54, 1.807) is 13.0 Å². The average Bonchev–Trinajstić information content (AvgIpc) is 2.35. The molecule has 18 heavy (non-hydrogen) atoms. The van der Waals surface area contributed by atoms with Crippen molar-refractivity contribution in [1.82, 2.24) is 15.6 Å². The van der Waals surface area contributed by atoms with E-state index in [1.165, 1.54) is 12.3 Å². The van der Waals surface area contributed by atoms with Crippen LogP contribution in [-0.2, 0) is 4.79 Å². The van der Waals surface area contributed by atoms with E-state index in [4.69, 9.17) is 5.73 Å². The maximum Gasteiger partial charge on any atom is 0.252 e. The van der Waals surface area contributed by atoms with Gasteiger partial charge < -0.3 is 16.4 Å². The Balaban J connectivity index is 2.56. The molecule has 6 nitrogen and oxygen atoms in total. The number of pyridine rings is 1. The Hall–Kier alpha value is -2.11. The molecule has 0 aliphatic heterocycles. The van der Waals surface area contributed by atoms with E-state index in [-0.39, 0.29) is 17.6 Å². The first-order valence-electron chi connectivity index (χ1n) is 5.84. The topological polar surface area (TPSA) is 97.1 Å². The highest BCUT2D eigenvalue weighted by Gasteiger charge is 2.16. The average molecular weight is 250 g/mol. The molecule has 4 N–H and O–H groups in total. The van der Waals surface area contributed by atoms with E-state index in [9.17, 15) is 9.59 Å². The van der Waals surface area contributed by atoms with Gasteiger partial charge in [-0.3, -0.25) is 9.59 Å². The lowest BCUT2D eigenvalue weighted by atomic mass is 10.2. The van der Waals surface area contributed by atoms with Gasteiger partial charge in [0.2, 0.25) is 5.91 Å². The Kier molecular flexibility index (Phi) is 5.10. The number of anilines is 1. The first-order valence-corrected chi connectivity index (χ1v) is 5.84. The molecule has 0 saturated heterocycles. The van der Waals surface area contributed by atoms with Gasteiger partial charge in [0.05, 0.1) is 0 Å². The van der Waals surface area contributed by atoms with Crippen LogP contribution in [0.15, 0.2) is 18.3 Å². The number of nitrogens with two attached hydrogens (primary N) is 1. The molecule has 0 aliphatic carbocycles. The summed E-state index contributed by atoms with van der Waals surface area (Å²) in [6, 6.07) is 2.42. The van der Waals surface area contributed by atoms with Crippen LogP contribution in [0.1, 0.15) is 30.6 Å². The molecule has 1 unspecified atom stereocenters. The Bertz CT molecular complexity index is 434. The molecular weight excluding hydrogens is 232 g/mol. The zero-order valence-corrected chi connectivity index (χ0v) is 10.6. The van der Waals surface area contributed by atoms with Gasteiger partial charge in [-0.05, 0) is 25.5 Å². The molecule has 1 heterocycles. The van der Waals surface area contributed by atoms with Gasteiger partial charge in [0.25, 0.3) is 5.91 Å². The monoisotopic (exact) mass is 250 g/mol. The summed E-state index contributed by atoms with van der Waals surface area (Å²) in [4.78, 5) is 27.2. The number of rotatable bonds is 5. The van der Waals surface area contributed by atoms with Crippen molar-refractivity contribution in [2.24, 2.45) is 0 Å². The molecule has 0 aliphatic rings. The van der Waals surface area contributed by atoms with E-state index in [0.29, 0.717) is 12.1 Å². The molecule has 98 valence electrons. The Morgan fingerprint density at radius 3 is 2.83 bits per heavy atom. The number of hydrogen-bond acceptors (Lipinski definition) is 4. The maximum absolute atomic E-state index is 11.8. The van der Waals surface area contributed by atoms with Gasteiger partial charge in [0.1, 0.15) is 11.9 Å². The van der Waals surface area contributed by atoms with Crippen LogP contribution in [-0.4, -0.2) is 29.4 Å². The van der Waals surface area contributed by atoms with Gasteiger partial charge in [0, 0.05) is 18.3 Å². The van der Waals surface area contributed by atoms with Crippen LogP contribution in [0.25, 0.3) is 0 Å². The highest BCUT2D eigenvalue weighted by molar-refractivity contribution is 5.97. The van der Waals surface area contributed by atoms with E-state index in [0.717, 1.165) is 6.42 Å². The van der Waals surface area contributed by atoms with Crippen LogP contribution in [0.2, 0.25) is 0 Å². The second-order valence-corrected chi connectivity index (χ2v) is 3.96. The highest BCUT2D eigenvalue weighted by Crippen LogP contribution is 2.03. The standard InChI is InChI=1S/C12H18N4O2/c1-3-5-15-11(17)8(2)16-12(18)9-4-6-14-10(13)7-9/h4,6-8H,3,5H2,1-2H3,(H2,13,14)(H,15,17)(H,16,18). The van der Waals surface area contributed by atoms with E-state index < -0.39 is 6.04 Å². The Morgan fingerprint density at radius 2 is 2.22 bits per heavy atom. The summed E-state index contributed by atoms with van der Waals surface area (Å²) < 4.78 is 0. The van der Waals surface area contributed by atoms with Crippen LogP contribution in [0.5, 0.6) is 0 Å². The highest BCUT2D eigenvalue weighted by atomic mass is 16.2. The van der Waals surface area contributed by atoms with Gasteiger partial charge >= 0.3 is 0 Å². The van der Waals surface area contributed by atoms with Crippen LogP contribution >= 0.6 is 0 Å². The molecule has 1 rings (SSSR count). The number of aromatic nitrogens is 1. The SMILES string of the molecule is CCCNC(=O)C(C)NC(=O)c1ccnc(N)c1. The number of nitrogen functional groups attached to an aromatic ring is 1. The fourth-order valence-corrected chi connectivity index (χ4v) is 1.34. The van der Waals surface area contributed by atoms with Gasteiger partial charge in [-0.15, -0.1) is 0 Å². The second kappa shape index (κ2) is 6.58. The summed E-state index contributed by atoms with van der Waals surface area (Å²) >= 11 is 0. The minimum absolute atomic E-state index is 0.202. The smallest absolute Gasteiger partial charge is 0.252 e. The third kappa shape index (κ3) is 4.04. The van der Waals surface area contributed by atoms with Crippen molar-refractivity contribution in [2.45, 2.75) is 26.3 Å². The first kappa shape index (κ1) is 14.0. The minimum atomic E-state index is -0.585. The maximum atomic E-state index is 11.8. The lowest BCUT2D eigenvalue weighted by Gasteiger charge is -2.13. The third-order valence-corrected chi connectivity index (χ3v) is 2.33. The van der Waals surface area contributed by atoms with Crippen molar-refractivity contribution >= 4 is 17.6 Å². The number of nitrogens with one attached hydrogen (secondary N) is 2. The van der Waals surface area contributed by atoms with Gasteiger partial charge in [-0.1, -0.05) is 6.92 Å². The summed E-state index contributed by atoms with van der Waals surface area (Å²) in [5.41, 5.74) is 5.87. The number of nitrogens with zero attached hydrogens (tertiary/aromatic N) is 1. The molecule has 0 bridgehead atoms. The van der Waals surface area contributed by atoms with Gasteiger partial charge in [-0.2, -0.15) is 0 Å². The third-order valence-electron chi connectivity index (χ3n) is 2.33. The number of amides is 2. The number of carbonyl (C=O) groups is 2. The normalized spacial score (nSPS) is 11.7. The Labute approximate surface area is 106 Å². The number of hydrogen-bond donors (Lipinski definition) is 3. The molecule has 6 heteroatoms. The van der Waals surface area contributed by atoms with E-state index in [1.807, 2.05) is 6.92 Å². The van der Waals surface area contributed by atoms with Crippen LogP contribution in [0, 0.1) is 0 Å². The van der Waals surface area contributed by atoms with Crippen molar-refractivity contribution in [1.29, 1.82) is 0 Å². The van der Waals surface area contributed by atoms with Crippen LogP contribution < -0.4 is 16.4 Å². The molecular formula is C12H18N4O2. The molecule has 2 amide bonds. The predicted molar refractivity (Wildman–Crippen MR) is 68.9 cm³/mol. The largest absolute Gasteiger partial charge is 0.384 e. The van der Waals surface area contributed by atoms with Crippen molar-refractivity contribution in [2.75, 3.05) is 12.3 Å². The predicted octanol–water partition coefficient (Wildman–Crippen LogP) is 0.308. The molecule has 0 spiro atoms. The van der Waals surface area contributed by atoms with Gasteiger partial charge in [0.15, 0.2) is 0 Å². The number of carbonyl (C=O) groups excluding carboxylic acids is 2. The lowest BCUT2D eigenvalue weighted by Crippen LogP contribution is -2.45. The Morgan fingerprint density at radius 1 is 1.50 bits per heavy atom. The van der Waals surface area contributed by atoms with Crippen molar-refractivity contribution in [3.05, 3.63) is 23.9 Å². The molecule has 1 aromatic rings. The second-order valence-electron chi connectivity index (χ2n) is 3.96. The molecule has 0 aromatic carbocycles. The fraction of sp³-hybridized carbons (Fsp3) is 0.417. The van der Waals surface area contributed by atoms with Crippen molar-refractivity contribution in [3.63, 3.8) is 0 Å². The van der Waals surface area contributed by atoms with E-state index in [2.05, 4.69) is 15.6 Å². The van der Waals surface area contributed by atoms with Crippen LogP contribution in [0.4, 0.5) is 5.82 Å². The van der Waals surface area contributed by atoms with E-state index >= 15 is 0 Å². The summed E-state index contributed by atoms with van der Waals surface area (Å²) in [5.74, 6) is -0.277. The fourth-order valence-electron chi connectivity index (χ4n) is 1.34. The summed E-state index contributed by atoms with van der Waals surface area (Å²) in [7, 11) is 0. The molecule has 1 atom stereocenters. The van der Waals surface area contributed by atoms with Crippen LogP contribution in [0.3, 0.4) is 0 Å². The van der Waals surface area contributed by atoms with Crippen molar-refractivity contribution < 1.29 is 9.59 Å². The molecule has 0 fully saturated rings. The zero-order valence-electron chi connectivity index (χ0n) is 10.6. The lowest BCUT2D eigenvalue weighted by molar-refractivity contribution is -0.122. The quantitative estimate of drug-likeness (QED) is 0.700. The molecule has 1 aromatic heterocycles. The molecule has 0 saturated carbocycles. The zero-order chi connectivity index (χ0) is 13.5. The molecule has 0 radical (unpaired) electrons. The van der Waals surface area contributed by atoms with Gasteiger partial charge in [-0.25, -0.2) is 4.98 Å². The summed E-state index contributed by atoms with van der Waals surface area (Å²) in [5, 5.41) is 5.31. The summed E-state index contributed by atoms with van der Waals surface area (Å²) in [6.45, 7) is 4.19. The summed E-state index contributed by atoms with van der Waals surface area (Å²) in [6.07, 6.45) is 2.30.